The Labute approximate surface area is 179 Å². The molecule has 3 aromatic rings. The van der Waals surface area contributed by atoms with Crippen molar-refractivity contribution in [2.24, 2.45) is 0 Å². The number of aromatic hydroxyl groups is 1. The first-order valence-corrected chi connectivity index (χ1v) is 10.3. The summed E-state index contributed by atoms with van der Waals surface area (Å²) >= 11 is 0. The maximum Gasteiger partial charge on any atom is 0.289 e. The van der Waals surface area contributed by atoms with Crippen molar-refractivity contribution in [3.63, 3.8) is 0 Å². The Morgan fingerprint density at radius 3 is 2.61 bits per heavy atom. The molecule has 0 radical (unpaired) electrons. The molecule has 1 fully saturated rings. The monoisotopic (exact) mass is 418 g/mol. The van der Waals surface area contributed by atoms with Crippen molar-refractivity contribution in [2.75, 3.05) is 31.1 Å². The molecule has 1 aromatic carbocycles. The molecule has 2 aromatic heterocycles. The standard InChI is InChI=1S/C23H22N4O4/c28-19-5-2-1-4-16(19)15-12-18-17(20(29)13-15)14-24-23(25-18)27-9-7-26(8-10-27)22(30)21-6-3-11-31-21/h1-6,11,14-15,28H,7-10,12-13H2/t15-/m0/s1. The van der Waals surface area contributed by atoms with Crippen LogP contribution in [0.3, 0.4) is 0 Å². The van der Waals surface area contributed by atoms with E-state index in [4.69, 9.17) is 9.40 Å². The molecular formula is C23H22N4O4. The highest BCUT2D eigenvalue weighted by atomic mass is 16.3. The van der Waals surface area contributed by atoms with E-state index in [2.05, 4.69) is 4.98 Å². The van der Waals surface area contributed by atoms with E-state index >= 15 is 0 Å². The van der Waals surface area contributed by atoms with Crippen molar-refractivity contribution < 1.29 is 19.1 Å². The predicted octanol–water partition coefficient (Wildman–Crippen LogP) is 2.65. The number of furan rings is 1. The first-order chi connectivity index (χ1) is 15.1. The zero-order valence-electron chi connectivity index (χ0n) is 16.9. The zero-order chi connectivity index (χ0) is 21.4. The van der Waals surface area contributed by atoms with Crippen LogP contribution >= 0.6 is 0 Å². The second-order valence-electron chi connectivity index (χ2n) is 7.87. The Hall–Kier alpha value is -3.68. The smallest absolute Gasteiger partial charge is 0.289 e. The number of amides is 1. The Morgan fingerprint density at radius 1 is 1.06 bits per heavy atom. The average molecular weight is 418 g/mol. The quantitative estimate of drug-likeness (QED) is 0.698. The summed E-state index contributed by atoms with van der Waals surface area (Å²) in [6.07, 6.45) is 4.02. The lowest BCUT2D eigenvalue weighted by Crippen LogP contribution is -2.49. The molecule has 0 spiro atoms. The Balaban J connectivity index is 1.32. The highest BCUT2D eigenvalue weighted by Crippen LogP contribution is 2.36. The van der Waals surface area contributed by atoms with Gasteiger partial charge in [0.05, 0.1) is 17.5 Å². The third-order valence-corrected chi connectivity index (χ3v) is 5.99. The molecule has 3 heterocycles. The third kappa shape index (κ3) is 3.65. The van der Waals surface area contributed by atoms with Crippen LogP contribution in [0.5, 0.6) is 5.75 Å². The van der Waals surface area contributed by atoms with Gasteiger partial charge in [0.1, 0.15) is 5.75 Å². The van der Waals surface area contributed by atoms with Crippen LogP contribution in [0.2, 0.25) is 0 Å². The number of phenolic OH excluding ortho intramolecular Hbond substituents is 1. The molecule has 5 rings (SSSR count). The van der Waals surface area contributed by atoms with E-state index in [1.165, 1.54) is 6.26 Å². The Bertz CT molecular complexity index is 1120. The van der Waals surface area contributed by atoms with Crippen LogP contribution < -0.4 is 4.90 Å². The summed E-state index contributed by atoms with van der Waals surface area (Å²) in [6.45, 7) is 2.28. The second-order valence-corrected chi connectivity index (χ2v) is 7.87. The summed E-state index contributed by atoms with van der Waals surface area (Å²) in [6, 6.07) is 10.5. The summed E-state index contributed by atoms with van der Waals surface area (Å²) < 4.78 is 5.21. The molecule has 31 heavy (non-hydrogen) atoms. The summed E-state index contributed by atoms with van der Waals surface area (Å²) in [5.74, 6) is 0.880. The molecule has 0 bridgehead atoms. The molecule has 1 atom stereocenters. The van der Waals surface area contributed by atoms with Gasteiger partial charge in [-0.25, -0.2) is 9.97 Å². The molecule has 158 valence electrons. The van der Waals surface area contributed by atoms with Gasteiger partial charge in [-0.15, -0.1) is 0 Å². The number of fused-ring (bicyclic) bond motifs is 1. The number of carbonyl (C=O) groups excluding carboxylic acids is 2. The Morgan fingerprint density at radius 2 is 1.87 bits per heavy atom. The number of phenols is 1. The first kappa shape index (κ1) is 19.3. The van der Waals surface area contributed by atoms with Gasteiger partial charge in [0.2, 0.25) is 5.95 Å². The van der Waals surface area contributed by atoms with E-state index in [1.54, 1.807) is 35.4 Å². The molecule has 8 heteroatoms. The molecule has 1 aliphatic heterocycles. The van der Waals surface area contributed by atoms with E-state index < -0.39 is 0 Å². The van der Waals surface area contributed by atoms with Gasteiger partial charge in [0.15, 0.2) is 11.5 Å². The number of para-hydroxylation sites is 1. The maximum absolute atomic E-state index is 12.7. The molecule has 0 unspecified atom stereocenters. The topological polar surface area (TPSA) is 99.8 Å². The van der Waals surface area contributed by atoms with Crippen LogP contribution in [0, 0.1) is 0 Å². The van der Waals surface area contributed by atoms with Crippen molar-refractivity contribution in [1.82, 2.24) is 14.9 Å². The average Bonchev–Trinajstić information content (AvgIpc) is 3.33. The number of rotatable bonds is 3. The van der Waals surface area contributed by atoms with Crippen molar-refractivity contribution in [3.05, 3.63) is 71.4 Å². The molecule has 0 saturated carbocycles. The van der Waals surface area contributed by atoms with Crippen LogP contribution in [-0.2, 0) is 6.42 Å². The SMILES string of the molecule is O=C1C[C@@H](c2ccccc2O)Cc2nc(N3CCN(C(=O)c4ccco4)CC3)ncc21. The molecule has 1 aliphatic carbocycles. The number of carbonyl (C=O) groups is 2. The van der Waals surface area contributed by atoms with E-state index in [-0.39, 0.29) is 23.4 Å². The lowest BCUT2D eigenvalue weighted by atomic mass is 9.82. The number of Topliss-reactive ketones (excluding diaryl/α,β-unsaturated/α-hetero) is 1. The van der Waals surface area contributed by atoms with Gasteiger partial charge >= 0.3 is 0 Å². The maximum atomic E-state index is 12.7. The summed E-state index contributed by atoms with van der Waals surface area (Å²) in [7, 11) is 0. The number of benzene rings is 1. The van der Waals surface area contributed by atoms with Gasteiger partial charge in [-0.2, -0.15) is 0 Å². The van der Waals surface area contributed by atoms with Gasteiger partial charge in [-0.3, -0.25) is 9.59 Å². The zero-order valence-corrected chi connectivity index (χ0v) is 16.9. The first-order valence-electron chi connectivity index (χ1n) is 10.3. The lowest BCUT2D eigenvalue weighted by molar-refractivity contribution is 0.0714. The molecular weight excluding hydrogens is 396 g/mol. The molecule has 1 amide bonds. The molecule has 2 aliphatic rings. The minimum absolute atomic E-state index is 0.00471. The fourth-order valence-electron chi connectivity index (χ4n) is 4.31. The number of ketones is 1. The summed E-state index contributed by atoms with van der Waals surface area (Å²) in [4.78, 5) is 38.0. The largest absolute Gasteiger partial charge is 0.508 e. The number of hydrogen-bond acceptors (Lipinski definition) is 7. The lowest BCUT2D eigenvalue weighted by Gasteiger charge is -2.34. The highest BCUT2D eigenvalue weighted by Gasteiger charge is 2.31. The Kier molecular flexibility index (Phi) is 4.89. The fourth-order valence-corrected chi connectivity index (χ4v) is 4.31. The predicted molar refractivity (Wildman–Crippen MR) is 112 cm³/mol. The van der Waals surface area contributed by atoms with Gasteiger partial charge in [-0.1, -0.05) is 18.2 Å². The minimum atomic E-state index is -0.118. The van der Waals surface area contributed by atoms with E-state index in [0.29, 0.717) is 62.0 Å². The van der Waals surface area contributed by atoms with Crippen LogP contribution in [-0.4, -0.2) is 57.8 Å². The van der Waals surface area contributed by atoms with E-state index in [9.17, 15) is 14.7 Å². The fraction of sp³-hybridized carbons (Fsp3) is 0.304. The van der Waals surface area contributed by atoms with Crippen LogP contribution in [0.4, 0.5) is 5.95 Å². The van der Waals surface area contributed by atoms with Crippen LogP contribution in [0.15, 0.2) is 53.3 Å². The van der Waals surface area contributed by atoms with Gasteiger partial charge < -0.3 is 19.3 Å². The van der Waals surface area contributed by atoms with E-state index in [0.717, 1.165) is 5.56 Å². The third-order valence-electron chi connectivity index (χ3n) is 5.99. The molecule has 1 saturated heterocycles. The second kappa shape index (κ2) is 7.86. The van der Waals surface area contributed by atoms with Crippen molar-refractivity contribution in [2.45, 2.75) is 18.8 Å². The van der Waals surface area contributed by atoms with Crippen molar-refractivity contribution in [3.8, 4) is 5.75 Å². The highest BCUT2D eigenvalue weighted by molar-refractivity contribution is 5.98. The van der Waals surface area contributed by atoms with Crippen molar-refractivity contribution >= 4 is 17.6 Å². The number of nitrogens with zero attached hydrogens (tertiary/aromatic N) is 4. The number of anilines is 1. The minimum Gasteiger partial charge on any atom is -0.508 e. The van der Waals surface area contributed by atoms with Gasteiger partial charge in [0.25, 0.3) is 5.91 Å². The molecule has 8 nitrogen and oxygen atoms in total. The summed E-state index contributed by atoms with van der Waals surface area (Å²) in [5.41, 5.74) is 2.04. The van der Waals surface area contributed by atoms with Gasteiger partial charge in [0, 0.05) is 44.7 Å². The number of hydrogen-bond donors (Lipinski definition) is 1. The van der Waals surface area contributed by atoms with Crippen molar-refractivity contribution in [1.29, 1.82) is 0 Å². The molecule has 1 N–H and O–H groups in total. The number of aromatic nitrogens is 2. The number of piperazine rings is 1. The van der Waals surface area contributed by atoms with Gasteiger partial charge in [-0.05, 0) is 30.2 Å². The summed E-state index contributed by atoms with van der Waals surface area (Å²) in [5, 5.41) is 10.2. The van der Waals surface area contributed by atoms with Crippen LogP contribution in [0.25, 0.3) is 0 Å². The normalized spacial score (nSPS) is 18.7. The van der Waals surface area contributed by atoms with E-state index in [1.807, 2.05) is 17.0 Å². The van der Waals surface area contributed by atoms with Crippen LogP contribution in [0.1, 0.15) is 44.5 Å².